The van der Waals surface area contributed by atoms with Gasteiger partial charge in [-0.2, -0.15) is 10.2 Å². The number of amides is 1. The molecule has 5 rings (SSSR count). The molecule has 4 heterocycles. The van der Waals surface area contributed by atoms with Crippen molar-refractivity contribution in [3.8, 4) is 22.4 Å². The van der Waals surface area contributed by atoms with Gasteiger partial charge < -0.3 is 5.32 Å². The standard InChI is InChI=1S/C25H26N8O/c1-25(2,3)33-15-21(13-29-33)24(34)26-11-17-5-7-18(8-6-17)22-9-19(20-12-28-31(4)14-20)10-23-30-27-16-32(22)23/h5-10,12-16H,11H2,1-4H3,(H,26,34). The van der Waals surface area contributed by atoms with E-state index in [-0.39, 0.29) is 11.4 Å². The molecule has 0 fully saturated rings. The first-order chi connectivity index (χ1) is 16.3. The van der Waals surface area contributed by atoms with Crippen molar-refractivity contribution in [2.45, 2.75) is 32.9 Å². The van der Waals surface area contributed by atoms with E-state index in [1.807, 2.05) is 74.9 Å². The number of aryl methyl sites for hydroxylation is 1. The van der Waals surface area contributed by atoms with Gasteiger partial charge in [0.25, 0.3) is 5.91 Å². The van der Waals surface area contributed by atoms with Crippen molar-refractivity contribution < 1.29 is 4.79 Å². The van der Waals surface area contributed by atoms with Crippen LogP contribution in [0.3, 0.4) is 0 Å². The van der Waals surface area contributed by atoms with E-state index in [0.29, 0.717) is 12.1 Å². The van der Waals surface area contributed by atoms with Crippen molar-refractivity contribution in [3.05, 3.63) is 78.6 Å². The minimum absolute atomic E-state index is 0.144. The number of hydrogen-bond donors (Lipinski definition) is 1. The van der Waals surface area contributed by atoms with E-state index in [1.54, 1.807) is 28.1 Å². The van der Waals surface area contributed by atoms with Gasteiger partial charge in [-0.05, 0) is 49.6 Å². The first kappa shape index (κ1) is 21.6. The molecule has 1 amide bonds. The molecule has 0 aliphatic rings. The van der Waals surface area contributed by atoms with Gasteiger partial charge in [-0.3, -0.25) is 18.6 Å². The fourth-order valence-electron chi connectivity index (χ4n) is 3.77. The highest BCUT2D eigenvalue weighted by molar-refractivity contribution is 5.93. The third-order valence-corrected chi connectivity index (χ3v) is 5.68. The van der Waals surface area contributed by atoms with Gasteiger partial charge in [-0.1, -0.05) is 24.3 Å². The van der Waals surface area contributed by atoms with Crippen LogP contribution in [0.15, 0.2) is 67.5 Å². The summed E-state index contributed by atoms with van der Waals surface area (Å²) in [4.78, 5) is 12.5. The van der Waals surface area contributed by atoms with E-state index in [9.17, 15) is 4.79 Å². The predicted molar refractivity (Wildman–Crippen MR) is 129 cm³/mol. The van der Waals surface area contributed by atoms with Crippen molar-refractivity contribution in [1.82, 2.24) is 39.5 Å². The number of pyridine rings is 1. The van der Waals surface area contributed by atoms with Gasteiger partial charge in [-0.25, -0.2) is 0 Å². The van der Waals surface area contributed by atoms with Crippen LogP contribution in [0.1, 0.15) is 36.7 Å². The third kappa shape index (κ3) is 4.19. The number of rotatable bonds is 5. The van der Waals surface area contributed by atoms with Crippen LogP contribution >= 0.6 is 0 Å². The summed E-state index contributed by atoms with van der Waals surface area (Å²) in [6.45, 7) is 6.56. The summed E-state index contributed by atoms with van der Waals surface area (Å²) in [5, 5.41) is 19.9. The third-order valence-electron chi connectivity index (χ3n) is 5.68. The molecule has 1 N–H and O–H groups in total. The van der Waals surface area contributed by atoms with Crippen LogP contribution in [0.2, 0.25) is 0 Å². The summed E-state index contributed by atoms with van der Waals surface area (Å²) in [5.41, 5.74) is 6.20. The second-order valence-corrected chi connectivity index (χ2v) is 9.32. The second-order valence-electron chi connectivity index (χ2n) is 9.32. The molecular weight excluding hydrogens is 428 g/mol. The number of aromatic nitrogens is 7. The zero-order valence-corrected chi connectivity index (χ0v) is 19.6. The minimum atomic E-state index is -0.168. The Labute approximate surface area is 197 Å². The normalized spacial score (nSPS) is 11.8. The predicted octanol–water partition coefficient (Wildman–Crippen LogP) is 3.68. The SMILES string of the molecule is Cn1cc(-c2cc(-c3ccc(CNC(=O)c4cnn(C(C)(C)C)c4)cc3)n3cnnc3c2)cn1. The Bertz CT molecular complexity index is 1470. The van der Waals surface area contributed by atoms with Gasteiger partial charge in [-0.15, -0.1) is 10.2 Å². The number of nitrogens with one attached hydrogen (secondary N) is 1. The second kappa shape index (κ2) is 8.26. The lowest BCUT2D eigenvalue weighted by Crippen LogP contribution is -2.24. The average molecular weight is 455 g/mol. The maximum Gasteiger partial charge on any atom is 0.254 e. The molecule has 172 valence electrons. The maximum absolute atomic E-state index is 12.5. The molecule has 0 aliphatic heterocycles. The lowest BCUT2D eigenvalue weighted by Gasteiger charge is -2.18. The lowest BCUT2D eigenvalue weighted by molar-refractivity contribution is 0.0950. The van der Waals surface area contributed by atoms with E-state index in [4.69, 9.17) is 0 Å². The van der Waals surface area contributed by atoms with Crippen LogP contribution in [-0.2, 0) is 19.1 Å². The van der Waals surface area contributed by atoms with Crippen LogP contribution in [-0.4, -0.2) is 40.1 Å². The van der Waals surface area contributed by atoms with Crippen molar-refractivity contribution in [1.29, 1.82) is 0 Å². The number of nitrogens with zero attached hydrogens (tertiary/aromatic N) is 7. The Hall–Kier alpha value is -4.27. The molecule has 0 unspecified atom stereocenters. The zero-order valence-electron chi connectivity index (χ0n) is 19.6. The molecule has 1 aromatic carbocycles. The van der Waals surface area contributed by atoms with Gasteiger partial charge >= 0.3 is 0 Å². The number of benzene rings is 1. The molecule has 0 aliphatic carbocycles. The summed E-state index contributed by atoms with van der Waals surface area (Å²) < 4.78 is 5.53. The van der Waals surface area contributed by atoms with E-state index in [1.165, 1.54) is 0 Å². The molecular formula is C25H26N8O. The largest absolute Gasteiger partial charge is 0.348 e. The van der Waals surface area contributed by atoms with Crippen molar-refractivity contribution in [2.75, 3.05) is 0 Å². The highest BCUT2D eigenvalue weighted by Gasteiger charge is 2.17. The Morgan fingerprint density at radius 2 is 1.76 bits per heavy atom. The van der Waals surface area contributed by atoms with Crippen LogP contribution < -0.4 is 5.32 Å². The summed E-state index contributed by atoms with van der Waals surface area (Å²) in [6.07, 6.45) is 8.90. The molecule has 0 saturated heterocycles. The van der Waals surface area contributed by atoms with E-state index in [2.05, 4.69) is 31.8 Å². The maximum atomic E-state index is 12.5. The highest BCUT2D eigenvalue weighted by Crippen LogP contribution is 2.28. The monoisotopic (exact) mass is 454 g/mol. The molecule has 4 aromatic heterocycles. The van der Waals surface area contributed by atoms with Crippen molar-refractivity contribution in [3.63, 3.8) is 0 Å². The molecule has 0 radical (unpaired) electrons. The van der Waals surface area contributed by atoms with E-state index in [0.717, 1.165) is 33.6 Å². The molecule has 0 saturated carbocycles. The number of carbonyl (C=O) groups excluding carboxylic acids is 1. The first-order valence-corrected chi connectivity index (χ1v) is 11.0. The van der Waals surface area contributed by atoms with Gasteiger partial charge in [0, 0.05) is 31.5 Å². The van der Waals surface area contributed by atoms with Gasteiger partial charge in [0.05, 0.1) is 29.2 Å². The minimum Gasteiger partial charge on any atom is -0.348 e. The Morgan fingerprint density at radius 1 is 0.971 bits per heavy atom. The number of carbonyl (C=O) groups is 1. The van der Waals surface area contributed by atoms with Crippen LogP contribution in [0.5, 0.6) is 0 Å². The summed E-state index contributed by atoms with van der Waals surface area (Å²) in [5.74, 6) is -0.144. The smallest absolute Gasteiger partial charge is 0.254 e. The molecule has 5 aromatic rings. The fraction of sp³-hybridized carbons (Fsp3) is 0.240. The van der Waals surface area contributed by atoms with E-state index < -0.39 is 0 Å². The van der Waals surface area contributed by atoms with Gasteiger partial charge in [0.1, 0.15) is 6.33 Å². The molecule has 9 heteroatoms. The van der Waals surface area contributed by atoms with Crippen LogP contribution in [0.25, 0.3) is 28.0 Å². The molecule has 9 nitrogen and oxygen atoms in total. The summed E-state index contributed by atoms with van der Waals surface area (Å²) >= 11 is 0. The average Bonchev–Trinajstić information content (AvgIpc) is 3.57. The topological polar surface area (TPSA) is 94.9 Å². The van der Waals surface area contributed by atoms with Crippen molar-refractivity contribution in [2.24, 2.45) is 7.05 Å². The molecule has 0 atom stereocenters. The number of fused-ring (bicyclic) bond motifs is 1. The Morgan fingerprint density at radius 3 is 2.44 bits per heavy atom. The quantitative estimate of drug-likeness (QED) is 0.437. The van der Waals surface area contributed by atoms with Crippen LogP contribution in [0.4, 0.5) is 0 Å². The van der Waals surface area contributed by atoms with Crippen LogP contribution in [0, 0.1) is 0 Å². The zero-order chi connectivity index (χ0) is 23.9. The summed E-state index contributed by atoms with van der Waals surface area (Å²) in [6, 6.07) is 12.2. The Kier molecular flexibility index (Phi) is 5.24. The first-order valence-electron chi connectivity index (χ1n) is 11.0. The molecule has 0 spiro atoms. The van der Waals surface area contributed by atoms with E-state index >= 15 is 0 Å². The Balaban J connectivity index is 1.35. The fourth-order valence-corrected chi connectivity index (χ4v) is 3.77. The van der Waals surface area contributed by atoms with Gasteiger partial charge in [0.2, 0.25) is 0 Å². The molecule has 0 bridgehead atoms. The summed E-state index contributed by atoms with van der Waals surface area (Å²) in [7, 11) is 1.90. The van der Waals surface area contributed by atoms with Gasteiger partial charge in [0.15, 0.2) is 5.65 Å². The molecule has 34 heavy (non-hydrogen) atoms. The number of hydrogen-bond acceptors (Lipinski definition) is 5. The van der Waals surface area contributed by atoms with Crippen molar-refractivity contribution >= 4 is 11.6 Å². The lowest BCUT2D eigenvalue weighted by atomic mass is 10.0. The highest BCUT2D eigenvalue weighted by atomic mass is 16.1.